The Balaban J connectivity index is 1.39. The van der Waals surface area contributed by atoms with E-state index in [2.05, 4.69) is 5.32 Å². The fraction of sp³-hybridized carbons (Fsp3) is 0.222. The summed E-state index contributed by atoms with van der Waals surface area (Å²) in [7, 11) is 0. The van der Waals surface area contributed by atoms with Crippen molar-refractivity contribution in [3.8, 4) is 11.5 Å². The Labute approximate surface area is 198 Å². The van der Waals surface area contributed by atoms with Crippen LogP contribution in [0, 0.1) is 6.92 Å². The molecule has 34 heavy (non-hydrogen) atoms. The maximum absolute atomic E-state index is 12.7. The fourth-order valence-corrected chi connectivity index (χ4v) is 3.61. The van der Waals surface area contributed by atoms with Crippen LogP contribution in [0.1, 0.15) is 21.5 Å². The number of ether oxygens (including phenoxy) is 2. The Kier molecular flexibility index (Phi) is 7.22. The van der Waals surface area contributed by atoms with Crippen molar-refractivity contribution in [1.29, 1.82) is 0 Å². The Hall–Kier alpha value is -4.13. The number of carbonyl (C=O) groups excluding carboxylic acids is 3. The van der Waals surface area contributed by atoms with Gasteiger partial charge in [-0.15, -0.1) is 0 Å². The van der Waals surface area contributed by atoms with Crippen molar-refractivity contribution in [2.45, 2.75) is 13.3 Å². The molecule has 0 saturated heterocycles. The summed E-state index contributed by atoms with van der Waals surface area (Å²) in [5.41, 5.74) is 2.99. The molecule has 174 valence electrons. The minimum Gasteiger partial charge on any atom is -0.485 e. The highest BCUT2D eigenvalue weighted by atomic mass is 16.5. The molecular weight excluding hydrogens is 432 g/mol. The lowest BCUT2D eigenvalue weighted by atomic mass is 10.1. The van der Waals surface area contributed by atoms with Gasteiger partial charge < -0.3 is 14.8 Å². The van der Waals surface area contributed by atoms with Crippen molar-refractivity contribution >= 4 is 23.3 Å². The molecule has 1 aliphatic heterocycles. The van der Waals surface area contributed by atoms with Crippen molar-refractivity contribution in [1.82, 2.24) is 5.32 Å². The molecule has 0 aromatic heterocycles. The first-order valence-corrected chi connectivity index (χ1v) is 11.1. The zero-order valence-corrected chi connectivity index (χ0v) is 19.0. The van der Waals surface area contributed by atoms with E-state index in [0.29, 0.717) is 35.7 Å². The molecule has 0 fully saturated rings. The van der Waals surface area contributed by atoms with Crippen LogP contribution in [0.3, 0.4) is 0 Å². The lowest BCUT2D eigenvalue weighted by Gasteiger charge is -2.29. The van der Waals surface area contributed by atoms with Crippen LogP contribution in [0.15, 0.2) is 72.8 Å². The van der Waals surface area contributed by atoms with E-state index in [0.717, 1.165) is 11.1 Å². The largest absolute Gasteiger partial charge is 0.485 e. The number of nitrogens with one attached hydrogen (secondary N) is 1. The van der Waals surface area contributed by atoms with Crippen LogP contribution in [-0.4, -0.2) is 43.9 Å². The molecular formula is C27H26N2O5. The highest BCUT2D eigenvalue weighted by Gasteiger charge is 2.28. The second-order valence-electron chi connectivity index (χ2n) is 8.06. The van der Waals surface area contributed by atoms with Gasteiger partial charge in [-0.1, -0.05) is 48.0 Å². The molecule has 4 rings (SSSR count). The zero-order valence-electron chi connectivity index (χ0n) is 19.0. The van der Waals surface area contributed by atoms with Crippen molar-refractivity contribution in [2.75, 3.05) is 31.2 Å². The molecule has 1 N–H and O–H groups in total. The third kappa shape index (κ3) is 5.81. The van der Waals surface area contributed by atoms with Gasteiger partial charge >= 0.3 is 0 Å². The van der Waals surface area contributed by atoms with Gasteiger partial charge in [0.25, 0.3) is 5.91 Å². The summed E-state index contributed by atoms with van der Waals surface area (Å²) in [6.45, 7) is 1.98. The van der Waals surface area contributed by atoms with Gasteiger partial charge in [-0.05, 0) is 49.2 Å². The predicted octanol–water partition coefficient (Wildman–Crippen LogP) is 3.34. The number of carbonyl (C=O) groups is 3. The lowest BCUT2D eigenvalue weighted by molar-refractivity contribution is -0.125. The molecule has 3 aromatic rings. The fourth-order valence-electron chi connectivity index (χ4n) is 3.61. The van der Waals surface area contributed by atoms with E-state index in [9.17, 15) is 14.4 Å². The van der Waals surface area contributed by atoms with E-state index in [-0.39, 0.29) is 37.4 Å². The summed E-state index contributed by atoms with van der Waals surface area (Å²) in [5.74, 6) is 0.188. The summed E-state index contributed by atoms with van der Waals surface area (Å²) in [6.07, 6.45) is 0.694. The first-order valence-electron chi connectivity index (χ1n) is 11.1. The minimum atomic E-state index is -0.341. The van der Waals surface area contributed by atoms with Crippen LogP contribution < -0.4 is 19.7 Å². The highest BCUT2D eigenvalue weighted by molar-refractivity contribution is 6.04. The molecule has 7 heteroatoms. The molecule has 0 spiro atoms. The minimum absolute atomic E-state index is 0.142. The number of Topliss-reactive ketones (excluding diaryl/α,β-unsaturated/α-hetero) is 1. The number of fused-ring (bicyclic) bond motifs is 1. The Morgan fingerprint density at radius 3 is 2.56 bits per heavy atom. The molecule has 1 aliphatic rings. The van der Waals surface area contributed by atoms with Crippen molar-refractivity contribution in [3.63, 3.8) is 0 Å². The Bertz CT molecular complexity index is 1180. The first-order chi connectivity index (χ1) is 16.5. The average Bonchev–Trinajstić information content (AvgIpc) is 2.85. The second-order valence-corrected chi connectivity index (χ2v) is 8.06. The number of ketones is 1. The molecule has 0 saturated carbocycles. The van der Waals surface area contributed by atoms with Gasteiger partial charge in [0, 0.05) is 12.1 Å². The molecule has 7 nitrogen and oxygen atoms in total. The summed E-state index contributed by atoms with van der Waals surface area (Å²) in [6, 6.07) is 22.1. The van der Waals surface area contributed by atoms with E-state index in [1.807, 2.05) is 49.4 Å². The normalized spacial score (nSPS) is 12.5. The maximum atomic E-state index is 12.7. The predicted molar refractivity (Wildman–Crippen MR) is 128 cm³/mol. The smallest absolute Gasteiger partial charge is 0.265 e. The number of hydrogen-bond acceptors (Lipinski definition) is 5. The Morgan fingerprint density at radius 1 is 1.03 bits per heavy atom. The monoisotopic (exact) mass is 458 g/mol. The highest BCUT2D eigenvalue weighted by Crippen LogP contribution is 2.33. The van der Waals surface area contributed by atoms with E-state index < -0.39 is 0 Å². The first kappa shape index (κ1) is 23.0. The lowest BCUT2D eigenvalue weighted by Crippen LogP contribution is -2.45. The van der Waals surface area contributed by atoms with Gasteiger partial charge in [0.1, 0.15) is 18.0 Å². The molecule has 1 heterocycles. The summed E-state index contributed by atoms with van der Waals surface area (Å²) >= 11 is 0. The van der Waals surface area contributed by atoms with Crippen LogP contribution in [0.4, 0.5) is 5.69 Å². The molecule has 0 unspecified atom stereocenters. The molecule has 0 radical (unpaired) electrons. The van der Waals surface area contributed by atoms with Gasteiger partial charge in [0.15, 0.2) is 19.0 Å². The maximum Gasteiger partial charge on any atom is 0.265 e. The number of anilines is 1. The van der Waals surface area contributed by atoms with Gasteiger partial charge in [0.05, 0.1) is 5.69 Å². The number of nitrogens with zero attached hydrogens (tertiary/aromatic N) is 1. The molecule has 3 aromatic carbocycles. The van der Waals surface area contributed by atoms with Crippen LogP contribution in [-0.2, 0) is 16.0 Å². The molecule has 0 aliphatic carbocycles. The Morgan fingerprint density at radius 2 is 1.79 bits per heavy atom. The third-order valence-electron chi connectivity index (χ3n) is 5.50. The van der Waals surface area contributed by atoms with Crippen LogP contribution in [0.25, 0.3) is 0 Å². The number of hydrogen-bond donors (Lipinski definition) is 1. The van der Waals surface area contributed by atoms with Crippen molar-refractivity contribution < 1.29 is 23.9 Å². The quantitative estimate of drug-likeness (QED) is 0.497. The number of benzene rings is 3. The molecule has 0 bridgehead atoms. The van der Waals surface area contributed by atoms with Crippen molar-refractivity contribution in [2.24, 2.45) is 0 Å². The van der Waals surface area contributed by atoms with Gasteiger partial charge in [-0.3, -0.25) is 19.3 Å². The van der Waals surface area contributed by atoms with Crippen molar-refractivity contribution in [3.05, 3.63) is 89.5 Å². The van der Waals surface area contributed by atoms with Gasteiger partial charge in [0.2, 0.25) is 5.91 Å². The SMILES string of the molecule is Cc1ccc(OCC(=O)c2ccc3c(c2)N(CC(=O)NCCc2ccccc2)C(=O)CO3)cc1. The van der Waals surface area contributed by atoms with Gasteiger partial charge in [-0.25, -0.2) is 0 Å². The third-order valence-corrected chi connectivity index (χ3v) is 5.50. The van der Waals surface area contributed by atoms with E-state index in [1.165, 1.54) is 4.90 Å². The number of aryl methyl sites for hydroxylation is 1. The van der Waals surface area contributed by atoms with Crippen LogP contribution >= 0.6 is 0 Å². The standard InChI is InChI=1S/C27H26N2O5/c1-19-7-10-22(11-8-19)33-17-24(30)21-9-12-25-23(15-21)29(27(32)18-34-25)16-26(31)28-14-13-20-5-3-2-4-6-20/h2-12,15H,13-14,16-18H2,1H3,(H,28,31). The van der Waals surface area contributed by atoms with Crippen LogP contribution in [0.2, 0.25) is 0 Å². The average molecular weight is 459 g/mol. The number of amides is 2. The molecule has 2 amide bonds. The van der Waals surface area contributed by atoms with Gasteiger partial charge in [-0.2, -0.15) is 0 Å². The van der Waals surface area contributed by atoms with Crippen LogP contribution in [0.5, 0.6) is 11.5 Å². The summed E-state index contributed by atoms with van der Waals surface area (Å²) in [5, 5.41) is 2.85. The second kappa shape index (κ2) is 10.7. The topological polar surface area (TPSA) is 84.9 Å². The van der Waals surface area contributed by atoms with E-state index in [4.69, 9.17) is 9.47 Å². The zero-order chi connectivity index (χ0) is 23.9. The van der Waals surface area contributed by atoms with E-state index in [1.54, 1.807) is 30.3 Å². The molecule has 0 atom stereocenters. The summed E-state index contributed by atoms with van der Waals surface area (Å²) < 4.78 is 11.1. The number of rotatable bonds is 9. The summed E-state index contributed by atoms with van der Waals surface area (Å²) in [4.78, 5) is 39.1. The van der Waals surface area contributed by atoms with E-state index >= 15 is 0 Å².